The van der Waals surface area contributed by atoms with Crippen LogP contribution in [0.15, 0.2) is 51.5 Å². The zero-order chi connectivity index (χ0) is 19.3. The molecule has 0 unspecified atom stereocenters. The van der Waals surface area contributed by atoms with E-state index in [1.807, 2.05) is 12.1 Å². The summed E-state index contributed by atoms with van der Waals surface area (Å²) in [4.78, 5) is 12.8. The predicted octanol–water partition coefficient (Wildman–Crippen LogP) is 4.64. The van der Waals surface area contributed by atoms with Crippen LogP contribution in [0.1, 0.15) is 18.5 Å². The number of carbonyl (C=O) groups is 1. The summed E-state index contributed by atoms with van der Waals surface area (Å²) >= 11 is 3.20. The second-order valence-electron chi connectivity index (χ2n) is 6.80. The Morgan fingerprint density at radius 1 is 1.11 bits per heavy atom. The van der Waals surface area contributed by atoms with Gasteiger partial charge in [-0.05, 0) is 49.2 Å². The third-order valence-electron chi connectivity index (χ3n) is 5.02. The quantitative estimate of drug-likeness (QED) is 0.634. The van der Waals surface area contributed by atoms with Crippen molar-refractivity contribution >= 4 is 27.5 Å². The molecule has 6 nitrogen and oxygen atoms in total. The van der Waals surface area contributed by atoms with Gasteiger partial charge < -0.3 is 19.3 Å². The van der Waals surface area contributed by atoms with E-state index in [0.717, 1.165) is 5.56 Å². The highest BCUT2D eigenvalue weighted by atomic mass is 79.9. The first-order chi connectivity index (χ1) is 13.5. The van der Waals surface area contributed by atoms with Gasteiger partial charge in [0.1, 0.15) is 5.82 Å². The summed E-state index contributed by atoms with van der Waals surface area (Å²) in [6.07, 6.45) is 1.26. The molecule has 1 aliphatic carbocycles. The molecule has 1 fully saturated rings. The number of rotatable bonds is 4. The summed E-state index contributed by atoms with van der Waals surface area (Å²) in [6.45, 7) is 0.191. The van der Waals surface area contributed by atoms with Crippen molar-refractivity contribution in [2.24, 2.45) is 0 Å². The van der Waals surface area contributed by atoms with Crippen molar-refractivity contribution in [1.82, 2.24) is 5.16 Å². The Hall–Kier alpha value is -2.87. The van der Waals surface area contributed by atoms with Gasteiger partial charge in [-0.2, -0.15) is 0 Å². The molecule has 2 heterocycles. The highest BCUT2D eigenvalue weighted by Gasteiger charge is 2.54. The number of ether oxygens (including phenoxy) is 2. The number of nitrogens with one attached hydrogen (secondary N) is 1. The molecule has 0 radical (unpaired) electrons. The van der Waals surface area contributed by atoms with Gasteiger partial charge in [-0.1, -0.05) is 21.1 Å². The number of hydrogen-bond acceptors (Lipinski definition) is 5. The fourth-order valence-electron chi connectivity index (χ4n) is 3.24. The van der Waals surface area contributed by atoms with Crippen molar-refractivity contribution in [3.63, 3.8) is 0 Å². The first kappa shape index (κ1) is 17.2. The Labute approximate surface area is 167 Å². The smallest absolute Gasteiger partial charge is 0.236 e. The van der Waals surface area contributed by atoms with Crippen LogP contribution in [0.5, 0.6) is 11.5 Å². The third-order valence-corrected chi connectivity index (χ3v) is 5.51. The van der Waals surface area contributed by atoms with Gasteiger partial charge >= 0.3 is 0 Å². The molecule has 2 aromatic carbocycles. The minimum atomic E-state index is -0.794. The Balaban J connectivity index is 1.39. The summed E-state index contributed by atoms with van der Waals surface area (Å²) in [6, 6.07) is 11.7. The number of amides is 1. The highest BCUT2D eigenvalue weighted by molar-refractivity contribution is 9.10. The Morgan fingerprint density at radius 2 is 1.93 bits per heavy atom. The number of benzene rings is 2. The second kappa shape index (κ2) is 6.34. The van der Waals surface area contributed by atoms with Crippen LogP contribution in [0, 0.1) is 5.82 Å². The van der Waals surface area contributed by atoms with Gasteiger partial charge in [0.15, 0.2) is 17.3 Å². The summed E-state index contributed by atoms with van der Waals surface area (Å²) < 4.78 is 30.8. The van der Waals surface area contributed by atoms with E-state index in [1.54, 1.807) is 18.2 Å². The number of hydrogen-bond donors (Lipinski definition) is 1. The van der Waals surface area contributed by atoms with Crippen LogP contribution in [0.25, 0.3) is 11.3 Å². The molecule has 1 aromatic heterocycles. The number of aromatic nitrogens is 1. The van der Waals surface area contributed by atoms with E-state index < -0.39 is 11.2 Å². The van der Waals surface area contributed by atoms with E-state index in [0.29, 0.717) is 40.3 Å². The minimum Gasteiger partial charge on any atom is -0.454 e. The Bertz CT molecular complexity index is 1090. The topological polar surface area (TPSA) is 73.6 Å². The van der Waals surface area contributed by atoms with E-state index in [-0.39, 0.29) is 18.4 Å². The fraction of sp³-hybridized carbons (Fsp3) is 0.200. The summed E-state index contributed by atoms with van der Waals surface area (Å²) in [7, 11) is 0. The van der Waals surface area contributed by atoms with Crippen LogP contribution < -0.4 is 14.8 Å². The average molecular weight is 445 g/mol. The molecule has 2 aliphatic rings. The zero-order valence-electron chi connectivity index (χ0n) is 14.5. The number of halogens is 2. The van der Waals surface area contributed by atoms with Gasteiger partial charge in [0, 0.05) is 16.1 Å². The van der Waals surface area contributed by atoms with Gasteiger partial charge in [-0.15, -0.1) is 0 Å². The van der Waals surface area contributed by atoms with Crippen LogP contribution in [0.3, 0.4) is 0 Å². The molecular formula is C20H14BrFN2O4. The molecule has 8 heteroatoms. The van der Waals surface area contributed by atoms with E-state index in [4.69, 9.17) is 14.0 Å². The molecule has 28 heavy (non-hydrogen) atoms. The molecule has 1 amide bonds. The lowest BCUT2D eigenvalue weighted by Gasteiger charge is -2.13. The van der Waals surface area contributed by atoms with Gasteiger partial charge in [-0.25, -0.2) is 4.39 Å². The largest absolute Gasteiger partial charge is 0.454 e. The maximum atomic E-state index is 14.1. The second-order valence-corrected chi connectivity index (χ2v) is 7.72. The molecule has 0 bridgehead atoms. The van der Waals surface area contributed by atoms with Gasteiger partial charge in [-0.3, -0.25) is 4.79 Å². The molecule has 0 saturated heterocycles. The lowest BCUT2D eigenvalue weighted by molar-refractivity contribution is -0.118. The molecule has 5 rings (SSSR count). The minimum absolute atomic E-state index is 0.138. The number of anilines is 1. The normalized spacial score (nSPS) is 16.1. The molecule has 3 aromatic rings. The molecular weight excluding hydrogens is 431 g/mol. The monoisotopic (exact) mass is 444 g/mol. The van der Waals surface area contributed by atoms with Crippen molar-refractivity contribution < 1.29 is 23.2 Å². The molecule has 1 aliphatic heterocycles. The molecule has 1 N–H and O–H groups in total. The lowest BCUT2D eigenvalue weighted by Crippen LogP contribution is -2.28. The van der Waals surface area contributed by atoms with Gasteiger partial charge in [0.2, 0.25) is 12.7 Å². The van der Waals surface area contributed by atoms with Crippen LogP contribution >= 0.6 is 15.9 Å². The summed E-state index contributed by atoms with van der Waals surface area (Å²) in [5.41, 5.74) is 0.657. The lowest BCUT2D eigenvalue weighted by atomic mass is 10.00. The zero-order valence-corrected chi connectivity index (χ0v) is 16.1. The van der Waals surface area contributed by atoms with E-state index >= 15 is 0 Å². The van der Waals surface area contributed by atoms with Gasteiger partial charge in [0.25, 0.3) is 0 Å². The predicted molar refractivity (Wildman–Crippen MR) is 102 cm³/mol. The fourth-order valence-corrected chi connectivity index (χ4v) is 3.58. The van der Waals surface area contributed by atoms with Crippen molar-refractivity contribution in [3.05, 3.63) is 58.4 Å². The van der Waals surface area contributed by atoms with Gasteiger partial charge in [0.05, 0.1) is 16.8 Å². The number of carbonyl (C=O) groups excluding carboxylic acids is 1. The first-order valence-corrected chi connectivity index (χ1v) is 9.48. The van der Waals surface area contributed by atoms with E-state index in [1.165, 1.54) is 12.1 Å². The summed E-state index contributed by atoms with van der Waals surface area (Å²) in [5, 5.41) is 6.78. The van der Waals surface area contributed by atoms with Crippen molar-refractivity contribution in [1.29, 1.82) is 0 Å². The first-order valence-electron chi connectivity index (χ1n) is 8.69. The van der Waals surface area contributed by atoms with Crippen LogP contribution in [-0.4, -0.2) is 17.9 Å². The third kappa shape index (κ3) is 2.84. The molecule has 142 valence electrons. The average Bonchev–Trinajstić information content (AvgIpc) is 3.13. The Morgan fingerprint density at radius 3 is 2.71 bits per heavy atom. The van der Waals surface area contributed by atoms with Crippen LogP contribution in [0.2, 0.25) is 0 Å². The summed E-state index contributed by atoms with van der Waals surface area (Å²) in [5.74, 6) is 1.05. The number of nitrogens with zero attached hydrogens (tertiary/aromatic N) is 1. The van der Waals surface area contributed by atoms with E-state index in [2.05, 4.69) is 26.4 Å². The van der Waals surface area contributed by atoms with Crippen LogP contribution in [-0.2, 0) is 10.2 Å². The molecule has 1 saturated carbocycles. The van der Waals surface area contributed by atoms with Crippen molar-refractivity contribution in [2.45, 2.75) is 18.3 Å². The molecule has 0 spiro atoms. The SMILES string of the molecule is O=C(Nc1ccc(Br)cc1F)C1(c2cc(-c3ccc4c(c3)OCO4)on2)CC1. The maximum Gasteiger partial charge on any atom is 0.236 e. The molecule has 0 atom stereocenters. The Kier molecular flexibility index (Phi) is 3.90. The van der Waals surface area contributed by atoms with Crippen molar-refractivity contribution in [2.75, 3.05) is 12.1 Å². The highest BCUT2D eigenvalue weighted by Crippen LogP contribution is 2.49. The number of fused-ring (bicyclic) bond motifs is 1. The van der Waals surface area contributed by atoms with Crippen LogP contribution in [0.4, 0.5) is 10.1 Å². The van der Waals surface area contributed by atoms with E-state index in [9.17, 15) is 9.18 Å². The van der Waals surface area contributed by atoms with Crippen molar-refractivity contribution in [3.8, 4) is 22.8 Å². The maximum absolute atomic E-state index is 14.1. The standard InChI is InChI=1S/C20H14BrFN2O4/c21-12-2-3-14(13(22)8-12)23-19(25)20(5-6-20)18-9-16(28-24-18)11-1-4-15-17(7-11)27-10-26-15/h1-4,7-9H,5-6,10H2,(H,23,25).